The molecule has 0 amide bonds. The fourth-order valence-electron chi connectivity index (χ4n) is 2.59. The lowest BCUT2D eigenvalue weighted by Gasteiger charge is -2.26. The zero-order valence-electron chi connectivity index (χ0n) is 10.5. The van der Waals surface area contributed by atoms with Crippen LogP contribution in [0.3, 0.4) is 0 Å². The molecule has 2 rings (SSSR count). The average Bonchev–Trinajstić information content (AvgIpc) is 2.66. The first kappa shape index (κ1) is 13.4. The van der Waals surface area contributed by atoms with Crippen LogP contribution in [0.2, 0.25) is 0 Å². The van der Waals surface area contributed by atoms with Crippen molar-refractivity contribution >= 4 is 0 Å². The van der Waals surface area contributed by atoms with Crippen LogP contribution in [0.25, 0.3) is 0 Å². The Morgan fingerprint density at radius 3 is 2.39 bits per heavy atom. The van der Waals surface area contributed by atoms with Crippen LogP contribution in [0.1, 0.15) is 41.9 Å². The van der Waals surface area contributed by atoms with E-state index in [1.807, 2.05) is 32.0 Å². The molecule has 2 atom stereocenters. The van der Waals surface area contributed by atoms with Crippen molar-refractivity contribution in [2.45, 2.75) is 50.8 Å². The molecule has 1 N–H and O–H groups in total. The summed E-state index contributed by atoms with van der Waals surface area (Å²) < 4.78 is 38.2. The number of hydrogen-bond acceptors (Lipinski definition) is 1. The van der Waals surface area contributed by atoms with Gasteiger partial charge in [0.2, 0.25) is 0 Å². The molecule has 0 heterocycles. The van der Waals surface area contributed by atoms with E-state index in [1.165, 1.54) is 0 Å². The van der Waals surface area contributed by atoms with Crippen LogP contribution < -0.4 is 0 Å². The molecule has 1 fully saturated rings. The third kappa shape index (κ3) is 2.26. The number of alkyl halides is 3. The van der Waals surface area contributed by atoms with Gasteiger partial charge in [-0.15, -0.1) is 0 Å². The molecule has 0 spiro atoms. The lowest BCUT2D eigenvalue weighted by molar-refractivity contribution is -0.257. The molecule has 2 unspecified atom stereocenters. The highest BCUT2D eigenvalue weighted by Crippen LogP contribution is 2.48. The summed E-state index contributed by atoms with van der Waals surface area (Å²) in [6.45, 7) is 3.92. The van der Waals surface area contributed by atoms with Crippen LogP contribution in [0.4, 0.5) is 13.2 Å². The van der Waals surface area contributed by atoms with Crippen LogP contribution in [-0.4, -0.2) is 16.9 Å². The van der Waals surface area contributed by atoms with Crippen molar-refractivity contribution in [2.24, 2.45) is 0 Å². The lowest BCUT2D eigenvalue weighted by atomic mass is 9.92. The highest BCUT2D eigenvalue weighted by atomic mass is 19.4. The van der Waals surface area contributed by atoms with Gasteiger partial charge in [-0.2, -0.15) is 13.2 Å². The van der Waals surface area contributed by atoms with E-state index in [0.29, 0.717) is 6.42 Å². The van der Waals surface area contributed by atoms with E-state index in [4.69, 9.17) is 0 Å². The Morgan fingerprint density at radius 1 is 1.22 bits per heavy atom. The highest BCUT2D eigenvalue weighted by Gasteiger charge is 2.57. The second kappa shape index (κ2) is 4.26. The van der Waals surface area contributed by atoms with Gasteiger partial charge in [-0.05, 0) is 55.7 Å². The first-order valence-electron chi connectivity index (χ1n) is 6.09. The van der Waals surface area contributed by atoms with E-state index in [2.05, 4.69) is 0 Å². The molecular weight excluding hydrogens is 241 g/mol. The molecule has 0 aromatic heterocycles. The van der Waals surface area contributed by atoms with Gasteiger partial charge in [0.25, 0.3) is 0 Å². The van der Waals surface area contributed by atoms with E-state index in [1.54, 1.807) is 0 Å². The maximum Gasteiger partial charge on any atom is 0.417 e. The summed E-state index contributed by atoms with van der Waals surface area (Å²) in [5.74, 6) is -0.198. The van der Waals surface area contributed by atoms with Gasteiger partial charge in [-0.1, -0.05) is 18.2 Å². The Labute approximate surface area is 105 Å². The van der Waals surface area contributed by atoms with Gasteiger partial charge in [0, 0.05) is 0 Å². The van der Waals surface area contributed by atoms with Crippen molar-refractivity contribution < 1.29 is 18.3 Å². The van der Waals surface area contributed by atoms with Gasteiger partial charge in [0.1, 0.15) is 0 Å². The van der Waals surface area contributed by atoms with Gasteiger partial charge in [-0.3, -0.25) is 0 Å². The maximum absolute atomic E-state index is 12.7. The molecular formula is C14H17F3O. The van der Waals surface area contributed by atoms with Gasteiger partial charge in [0.05, 0.1) is 0 Å². The summed E-state index contributed by atoms with van der Waals surface area (Å²) in [5, 5.41) is 9.66. The van der Waals surface area contributed by atoms with Gasteiger partial charge >= 0.3 is 6.18 Å². The molecule has 0 saturated heterocycles. The summed E-state index contributed by atoms with van der Waals surface area (Å²) >= 11 is 0. The molecule has 1 saturated carbocycles. The van der Waals surface area contributed by atoms with Crippen molar-refractivity contribution in [3.63, 3.8) is 0 Å². The molecule has 1 aromatic rings. The van der Waals surface area contributed by atoms with E-state index in [-0.39, 0.29) is 18.8 Å². The highest BCUT2D eigenvalue weighted by molar-refractivity contribution is 5.33. The minimum absolute atomic E-state index is 0.198. The molecule has 1 aliphatic rings. The topological polar surface area (TPSA) is 20.2 Å². The van der Waals surface area contributed by atoms with Crippen molar-refractivity contribution in [2.75, 3.05) is 0 Å². The largest absolute Gasteiger partial charge is 0.417 e. The van der Waals surface area contributed by atoms with Gasteiger partial charge in [-0.25, -0.2) is 0 Å². The summed E-state index contributed by atoms with van der Waals surface area (Å²) in [6, 6.07) is 5.73. The normalized spacial score (nSPS) is 28.7. The number of rotatable bonds is 1. The number of benzene rings is 1. The van der Waals surface area contributed by atoms with Crippen LogP contribution in [0.15, 0.2) is 18.2 Å². The standard InChI is InChI=1S/C14H17F3O/c1-9-3-4-11(7-10(9)2)12-5-6-13(18,8-12)14(15,16)17/h3-4,7,12,18H,5-6,8H2,1-2H3. The van der Waals surface area contributed by atoms with Crippen molar-refractivity contribution in [3.8, 4) is 0 Å². The third-order valence-electron chi connectivity index (χ3n) is 4.02. The van der Waals surface area contributed by atoms with Crippen molar-refractivity contribution in [1.82, 2.24) is 0 Å². The fraction of sp³-hybridized carbons (Fsp3) is 0.571. The average molecular weight is 258 g/mol. The zero-order chi connectivity index (χ0) is 13.6. The van der Waals surface area contributed by atoms with E-state index in [0.717, 1.165) is 16.7 Å². The molecule has 0 radical (unpaired) electrons. The van der Waals surface area contributed by atoms with E-state index in [9.17, 15) is 18.3 Å². The molecule has 1 aliphatic carbocycles. The predicted molar refractivity (Wildman–Crippen MR) is 63.5 cm³/mol. The van der Waals surface area contributed by atoms with Crippen molar-refractivity contribution in [1.29, 1.82) is 0 Å². The monoisotopic (exact) mass is 258 g/mol. The molecule has 0 bridgehead atoms. The Morgan fingerprint density at radius 2 is 1.89 bits per heavy atom. The number of aliphatic hydroxyl groups is 1. The quantitative estimate of drug-likeness (QED) is 0.810. The third-order valence-corrected chi connectivity index (χ3v) is 4.02. The van der Waals surface area contributed by atoms with Gasteiger partial charge < -0.3 is 5.11 Å². The minimum atomic E-state index is -4.53. The Bertz CT molecular complexity index is 453. The van der Waals surface area contributed by atoms with Crippen LogP contribution in [0.5, 0.6) is 0 Å². The Hall–Kier alpha value is -1.03. The molecule has 100 valence electrons. The predicted octanol–water partition coefficient (Wildman–Crippen LogP) is 3.86. The summed E-state index contributed by atoms with van der Waals surface area (Å²) in [5.41, 5.74) is 0.604. The SMILES string of the molecule is Cc1ccc(C2CCC(O)(C(F)(F)F)C2)cc1C. The first-order chi connectivity index (χ1) is 8.23. The summed E-state index contributed by atoms with van der Waals surface area (Å²) in [6.07, 6.45) is -4.56. The second-order valence-electron chi connectivity index (χ2n) is 5.31. The van der Waals surface area contributed by atoms with Gasteiger partial charge in [0.15, 0.2) is 5.60 Å². The fourth-order valence-corrected chi connectivity index (χ4v) is 2.59. The second-order valence-corrected chi connectivity index (χ2v) is 5.31. The number of aryl methyl sites for hydroxylation is 2. The van der Waals surface area contributed by atoms with Crippen LogP contribution >= 0.6 is 0 Å². The number of halogens is 3. The molecule has 1 aromatic carbocycles. The minimum Gasteiger partial charge on any atom is -0.380 e. The number of hydrogen-bond donors (Lipinski definition) is 1. The molecule has 1 nitrogen and oxygen atoms in total. The zero-order valence-corrected chi connectivity index (χ0v) is 10.5. The lowest BCUT2D eigenvalue weighted by Crippen LogP contribution is -2.42. The first-order valence-corrected chi connectivity index (χ1v) is 6.09. The summed E-state index contributed by atoms with van der Waals surface area (Å²) in [7, 11) is 0. The van der Waals surface area contributed by atoms with E-state index < -0.39 is 11.8 Å². The Balaban J connectivity index is 2.21. The molecule has 0 aliphatic heterocycles. The molecule has 18 heavy (non-hydrogen) atoms. The molecule has 4 heteroatoms. The summed E-state index contributed by atoms with van der Waals surface area (Å²) in [4.78, 5) is 0. The van der Waals surface area contributed by atoms with Crippen LogP contribution in [-0.2, 0) is 0 Å². The van der Waals surface area contributed by atoms with Crippen molar-refractivity contribution in [3.05, 3.63) is 34.9 Å². The maximum atomic E-state index is 12.7. The van der Waals surface area contributed by atoms with Crippen LogP contribution in [0, 0.1) is 13.8 Å². The smallest absolute Gasteiger partial charge is 0.380 e. The van der Waals surface area contributed by atoms with E-state index >= 15 is 0 Å². The Kier molecular flexibility index (Phi) is 3.18.